The van der Waals surface area contributed by atoms with Crippen LogP contribution < -0.4 is 10.5 Å². The first-order valence-electron chi connectivity index (χ1n) is 8.10. The van der Waals surface area contributed by atoms with Gasteiger partial charge in [0.2, 0.25) is 11.8 Å². The smallest absolute Gasteiger partial charge is 0.242 e. The molecule has 0 spiro atoms. The standard InChI is InChI=1S/C18H22N4O2/c1-18(2,19)17(23)22-10-6-9-15(22)14-11-20-12-16(21-14)24-13-7-4-3-5-8-13/h3-5,7-8,11-12,15H,6,9-10,19H2,1-2H3. The largest absolute Gasteiger partial charge is 0.437 e. The lowest BCUT2D eigenvalue weighted by atomic mass is 10.0. The van der Waals surface area contributed by atoms with E-state index in [1.54, 1.807) is 31.1 Å². The maximum absolute atomic E-state index is 12.5. The van der Waals surface area contributed by atoms with Gasteiger partial charge in [0.25, 0.3) is 0 Å². The second-order valence-electron chi connectivity index (χ2n) is 6.58. The van der Waals surface area contributed by atoms with E-state index in [0.29, 0.717) is 18.2 Å². The van der Waals surface area contributed by atoms with E-state index in [9.17, 15) is 4.79 Å². The summed E-state index contributed by atoms with van der Waals surface area (Å²) in [5.41, 5.74) is 5.82. The van der Waals surface area contributed by atoms with Crippen LogP contribution in [0.15, 0.2) is 42.7 Å². The zero-order valence-electron chi connectivity index (χ0n) is 14.0. The molecular formula is C18H22N4O2. The third-order valence-electron chi connectivity index (χ3n) is 4.00. The molecule has 0 saturated carbocycles. The molecule has 2 heterocycles. The molecule has 2 N–H and O–H groups in total. The molecule has 24 heavy (non-hydrogen) atoms. The van der Waals surface area contributed by atoms with Crippen molar-refractivity contribution in [2.24, 2.45) is 5.73 Å². The van der Waals surface area contributed by atoms with E-state index in [-0.39, 0.29) is 11.9 Å². The minimum Gasteiger partial charge on any atom is -0.437 e. The summed E-state index contributed by atoms with van der Waals surface area (Å²) in [5.74, 6) is 1.05. The highest BCUT2D eigenvalue weighted by molar-refractivity contribution is 5.85. The molecule has 1 unspecified atom stereocenters. The van der Waals surface area contributed by atoms with Crippen LogP contribution in [0.5, 0.6) is 11.6 Å². The minimum atomic E-state index is -0.895. The molecule has 0 bridgehead atoms. The molecule has 6 heteroatoms. The van der Waals surface area contributed by atoms with Crippen molar-refractivity contribution in [2.75, 3.05) is 6.54 Å². The first-order chi connectivity index (χ1) is 11.4. The average molecular weight is 326 g/mol. The molecule has 1 aromatic heterocycles. The van der Waals surface area contributed by atoms with E-state index >= 15 is 0 Å². The van der Waals surface area contributed by atoms with Gasteiger partial charge in [0.1, 0.15) is 5.75 Å². The molecule has 1 atom stereocenters. The zero-order chi connectivity index (χ0) is 17.2. The van der Waals surface area contributed by atoms with Crippen molar-refractivity contribution in [3.8, 4) is 11.6 Å². The topological polar surface area (TPSA) is 81.3 Å². The van der Waals surface area contributed by atoms with Gasteiger partial charge in [0, 0.05) is 6.54 Å². The average Bonchev–Trinajstić information content (AvgIpc) is 3.04. The molecule has 126 valence electrons. The number of para-hydroxylation sites is 1. The van der Waals surface area contributed by atoms with E-state index in [1.807, 2.05) is 30.3 Å². The Labute approximate surface area is 141 Å². The van der Waals surface area contributed by atoms with Gasteiger partial charge in [-0.25, -0.2) is 4.98 Å². The maximum atomic E-state index is 12.5. The Morgan fingerprint density at radius 1 is 1.29 bits per heavy atom. The van der Waals surface area contributed by atoms with E-state index in [2.05, 4.69) is 9.97 Å². The number of benzene rings is 1. The molecule has 1 aromatic carbocycles. The van der Waals surface area contributed by atoms with Crippen molar-refractivity contribution < 1.29 is 9.53 Å². The van der Waals surface area contributed by atoms with Crippen LogP contribution in [0.25, 0.3) is 0 Å². The monoisotopic (exact) mass is 326 g/mol. The summed E-state index contributed by atoms with van der Waals surface area (Å²) in [4.78, 5) is 23.1. The molecule has 6 nitrogen and oxygen atoms in total. The highest BCUT2D eigenvalue weighted by Crippen LogP contribution is 2.33. The van der Waals surface area contributed by atoms with Crippen LogP contribution in [0.3, 0.4) is 0 Å². The third kappa shape index (κ3) is 3.54. The zero-order valence-corrected chi connectivity index (χ0v) is 14.0. The summed E-state index contributed by atoms with van der Waals surface area (Å²) < 4.78 is 5.74. The second-order valence-corrected chi connectivity index (χ2v) is 6.58. The first kappa shape index (κ1) is 16.4. The number of hydrogen-bond donors (Lipinski definition) is 1. The predicted molar refractivity (Wildman–Crippen MR) is 90.5 cm³/mol. The van der Waals surface area contributed by atoms with Gasteiger partial charge in [-0.3, -0.25) is 9.78 Å². The number of aromatic nitrogens is 2. The molecule has 0 aliphatic carbocycles. The predicted octanol–water partition coefficient (Wildman–Crippen LogP) is 2.67. The quantitative estimate of drug-likeness (QED) is 0.934. The number of hydrogen-bond acceptors (Lipinski definition) is 5. The third-order valence-corrected chi connectivity index (χ3v) is 4.00. The van der Waals surface area contributed by atoms with Crippen LogP contribution in [0, 0.1) is 0 Å². The molecule has 1 aliphatic rings. The Bertz CT molecular complexity index is 712. The molecule has 2 aromatic rings. The van der Waals surface area contributed by atoms with E-state index in [4.69, 9.17) is 10.5 Å². The van der Waals surface area contributed by atoms with Crippen LogP contribution in [0.2, 0.25) is 0 Å². The second kappa shape index (κ2) is 6.57. The SMILES string of the molecule is CC(C)(N)C(=O)N1CCCC1c1cncc(Oc2ccccc2)n1. The van der Waals surface area contributed by atoms with E-state index in [1.165, 1.54) is 0 Å². The molecule has 1 saturated heterocycles. The minimum absolute atomic E-state index is 0.0684. The number of likely N-dealkylation sites (tertiary alicyclic amines) is 1. The number of carbonyl (C=O) groups is 1. The Hall–Kier alpha value is -2.47. The van der Waals surface area contributed by atoms with Crippen LogP contribution in [0.4, 0.5) is 0 Å². The normalized spacial score (nSPS) is 17.8. The van der Waals surface area contributed by atoms with Crippen molar-refractivity contribution in [2.45, 2.75) is 38.3 Å². The van der Waals surface area contributed by atoms with E-state index < -0.39 is 5.54 Å². The lowest BCUT2D eigenvalue weighted by Crippen LogP contribution is -2.50. The highest BCUT2D eigenvalue weighted by atomic mass is 16.5. The van der Waals surface area contributed by atoms with Crippen LogP contribution in [-0.2, 0) is 4.79 Å². The lowest BCUT2D eigenvalue weighted by molar-refractivity contribution is -0.136. The van der Waals surface area contributed by atoms with Gasteiger partial charge in [-0.1, -0.05) is 18.2 Å². The fourth-order valence-electron chi connectivity index (χ4n) is 2.87. The summed E-state index contributed by atoms with van der Waals surface area (Å²) in [7, 11) is 0. The number of ether oxygens (including phenoxy) is 1. The van der Waals surface area contributed by atoms with Crippen molar-refractivity contribution in [3.05, 3.63) is 48.4 Å². The van der Waals surface area contributed by atoms with Gasteiger partial charge in [-0.05, 0) is 38.8 Å². The van der Waals surface area contributed by atoms with Crippen molar-refractivity contribution in [1.29, 1.82) is 0 Å². The fourth-order valence-corrected chi connectivity index (χ4v) is 2.87. The Kier molecular flexibility index (Phi) is 4.49. The summed E-state index contributed by atoms with van der Waals surface area (Å²) >= 11 is 0. The highest BCUT2D eigenvalue weighted by Gasteiger charge is 2.37. The number of nitrogens with two attached hydrogens (primary N) is 1. The molecule has 1 aliphatic heterocycles. The van der Waals surface area contributed by atoms with Gasteiger partial charge >= 0.3 is 0 Å². The van der Waals surface area contributed by atoms with Crippen LogP contribution in [0.1, 0.15) is 38.4 Å². The molecule has 1 amide bonds. The van der Waals surface area contributed by atoms with Gasteiger partial charge < -0.3 is 15.4 Å². The number of nitrogens with zero attached hydrogens (tertiary/aromatic N) is 3. The molecular weight excluding hydrogens is 304 g/mol. The van der Waals surface area contributed by atoms with Crippen LogP contribution in [-0.4, -0.2) is 32.9 Å². The molecule has 0 radical (unpaired) electrons. The number of carbonyl (C=O) groups excluding carboxylic acids is 1. The van der Waals surface area contributed by atoms with Gasteiger partial charge in [0.15, 0.2) is 0 Å². The van der Waals surface area contributed by atoms with Crippen LogP contribution >= 0.6 is 0 Å². The van der Waals surface area contributed by atoms with Gasteiger partial charge in [-0.15, -0.1) is 0 Å². The summed E-state index contributed by atoms with van der Waals surface area (Å²) in [6.45, 7) is 4.15. The van der Waals surface area contributed by atoms with Crippen molar-refractivity contribution in [3.63, 3.8) is 0 Å². The fraction of sp³-hybridized carbons (Fsp3) is 0.389. The Morgan fingerprint density at radius 2 is 2.04 bits per heavy atom. The van der Waals surface area contributed by atoms with Gasteiger partial charge in [-0.2, -0.15) is 0 Å². The Balaban J connectivity index is 1.81. The molecule has 3 rings (SSSR count). The first-order valence-corrected chi connectivity index (χ1v) is 8.10. The van der Waals surface area contributed by atoms with Crippen molar-refractivity contribution in [1.82, 2.24) is 14.9 Å². The molecule has 1 fully saturated rings. The lowest BCUT2D eigenvalue weighted by Gasteiger charge is -2.30. The van der Waals surface area contributed by atoms with Crippen molar-refractivity contribution >= 4 is 5.91 Å². The summed E-state index contributed by atoms with van der Waals surface area (Å²) in [6, 6.07) is 9.33. The van der Waals surface area contributed by atoms with E-state index in [0.717, 1.165) is 18.5 Å². The Morgan fingerprint density at radius 3 is 2.75 bits per heavy atom. The summed E-state index contributed by atoms with van der Waals surface area (Å²) in [6.07, 6.45) is 5.05. The number of rotatable bonds is 4. The van der Waals surface area contributed by atoms with Gasteiger partial charge in [0.05, 0.1) is 29.7 Å². The summed E-state index contributed by atoms with van der Waals surface area (Å²) in [5, 5.41) is 0. The number of amides is 1. The maximum Gasteiger partial charge on any atom is 0.242 e.